The lowest BCUT2D eigenvalue weighted by atomic mass is 10.2. The average molecular weight is 415 g/mol. The number of rotatable bonds is 12. The topological polar surface area (TPSA) is 95.0 Å². The molecular weight excluding hydrogens is 388 g/mol. The molecule has 0 saturated carbocycles. The van der Waals surface area contributed by atoms with E-state index in [2.05, 4.69) is 30.9 Å². The number of halogens is 1. The standard InChI is InChI=1S/C21H27ClN6O/c22-16-5-6-17-18(7-12-24-19(17)15-16)23-10-4-11-25-20-8-13-27-21(28-20)26-9-2-1-3-14-29/h5-8,12-13,15,29H,1-4,9-11,14H2,(H,23,24)(H2,25,26,27,28). The number of hydrogen-bond acceptors (Lipinski definition) is 7. The van der Waals surface area contributed by atoms with E-state index in [-0.39, 0.29) is 6.61 Å². The van der Waals surface area contributed by atoms with E-state index < -0.39 is 0 Å². The number of nitrogens with zero attached hydrogens (tertiary/aromatic N) is 3. The van der Waals surface area contributed by atoms with Gasteiger partial charge in [0.1, 0.15) is 5.82 Å². The van der Waals surface area contributed by atoms with Crippen molar-refractivity contribution in [3.63, 3.8) is 0 Å². The largest absolute Gasteiger partial charge is 0.396 e. The highest BCUT2D eigenvalue weighted by Crippen LogP contribution is 2.24. The lowest BCUT2D eigenvalue weighted by molar-refractivity contribution is 0.283. The minimum Gasteiger partial charge on any atom is -0.396 e. The molecule has 0 amide bonds. The van der Waals surface area contributed by atoms with Crippen LogP contribution in [0.3, 0.4) is 0 Å². The SMILES string of the molecule is OCCCCCNc1nccc(NCCCNc2ccnc3cc(Cl)ccc23)n1. The number of pyridine rings is 1. The zero-order chi connectivity index (χ0) is 20.3. The summed E-state index contributed by atoms with van der Waals surface area (Å²) < 4.78 is 0. The Hall–Kier alpha value is -2.64. The smallest absolute Gasteiger partial charge is 0.224 e. The Kier molecular flexibility index (Phi) is 8.27. The molecule has 0 bridgehead atoms. The van der Waals surface area contributed by atoms with Crippen LogP contribution in [-0.2, 0) is 0 Å². The summed E-state index contributed by atoms with van der Waals surface area (Å²) in [6.45, 7) is 2.68. The van der Waals surface area contributed by atoms with Crippen molar-refractivity contribution in [2.24, 2.45) is 0 Å². The van der Waals surface area contributed by atoms with Crippen molar-refractivity contribution in [2.75, 3.05) is 42.2 Å². The van der Waals surface area contributed by atoms with Gasteiger partial charge in [0.25, 0.3) is 0 Å². The average Bonchev–Trinajstić information content (AvgIpc) is 2.73. The maximum atomic E-state index is 8.80. The molecular formula is C21H27ClN6O. The van der Waals surface area contributed by atoms with E-state index in [0.717, 1.165) is 67.7 Å². The number of unbranched alkanes of at least 4 members (excludes halogenated alkanes) is 2. The van der Waals surface area contributed by atoms with Gasteiger partial charge in [-0.05, 0) is 56.0 Å². The number of benzene rings is 1. The summed E-state index contributed by atoms with van der Waals surface area (Å²) in [6, 6.07) is 9.59. The third kappa shape index (κ3) is 6.73. The van der Waals surface area contributed by atoms with Crippen molar-refractivity contribution < 1.29 is 5.11 Å². The molecule has 1 aromatic carbocycles. The van der Waals surface area contributed by atoms with Crippen LogP contribution in [0, 0.1) is 0 Å². The highest BCUT2D eigenvalue weighted by molar-refractivity contribution is 6.31. The predicted octanol–water partition coefficient (Wildman–Crippen LogP) is 4.17. The van der Waals surface area contributed by atoms with Crippen molar-refractivity contribution in [3.8, 4) is 0 Å². The molecule has 0 aliphatic carbocycles. The van der Waals surface area contributed by atoms with Crippen LogP contribution in [0.15, 0.2) is 42.7 Å². The normalized spacial score (nSPS) is 10.8. The Morgan fingerprint density at radius 3 is 2.55 bits per heavy atom. The first-order valence-corrected chi connectivity index (χ1v) is 10.3. The van der Waals surface area contributed by atoms with Crippen molar-refractivity contribution in [1.82, 2.24) is 15.0 Å². The monoisotopic (exact) mass is 414 g/mol. The van der Waals surface area contributed by atoms with Gasteiger partial charge in [0.15, 0.2) is 0 Å². The Morgan fingerprint density at radius 1 is 0.828 bits per heavy atom. The third-order valence-electron chi connectivity index (χ3n) is 4.45. The molecule has 8 heteroatoms. The van der Waals surface area contributed by atoms with Gasteiger partial charge in [0, 0.05) is 54.7 Å². The molecule has 2 heterocycles. The fraction of sp³-hybridized carbons (Fsp3) is 0.381. The number of aliphatic hydroxyl groups excluding tert-OH is 1. The lowest BCUT2D eigenvalue weighted by Crippen LogP contribution is -2.11. The number of fused-ring (bicyclic) bond motifs is 1. The molecule has 7 nitrogen and oxygen atoms in total. The maximum Gasteiger partial charge on any atom is 0.224 e. The molecule has 154 valence electrons. The molecule has 0 unspecified atom stereocenters. The summed E-state index contributed by atoms with van der Waals surface area (Å²) in [6.07, 6.45) is 7.29. The van der Waals surface area contributed by atoms with Gasteiger partial charge in [-0.25, -0.2) is 4.98 Å². The Balaban J connectivity index is 1.40. The van der Waals surface area contributed by atoms with Crippen LogP contribution in [0.1, 0.15) is 25.7 Å². The second kappa shape index (κ2) is 11.4. The highest BCUT2D eigenvalue weighted by atomic mass is 35.5. The van der Waals surface area contributed by atoms with Gasteiger partial charge < -0.3 is 21.1 Å². The molecule has 0 aliphatic rings. The maximum absolute atomic E-state index is 8.80. The van der Waals surface area contributed by atoms with Gasteiger partial charge in [0.2, 0.25) is 5.95 Å². The van der Waals surface area contributed by atoms with Crippen LogP contribution in [0.5, 0.6) is 0 Å². The number of anilines is 3. The predicted molar refractivity (Wildman–Crippen MR) is 120 cm³/mol. The number of aliphatic hydroxyl groups is 1. The fourth-order valence-corrected chi connectivity index (χ4v) is 3.13. The summed E-state index contributed by atoms with van der Waals surface area (Å²) in [5.74, 6) is 1.43. The summed E-state index contributed by atoms with van der Waals surface area (Å²) in [5, 5.41) is 20.6. The minimum absolute atomic E-state index is 0.247. The molecule has 3 aromatic rings. The summed E-state index contributed by atoms with van der Waals surface area (Å²) >= 11 is 6.04. The molecule has 2 aromatic heterocycles. The molecule has 0 fully saturated rings. The lowest BCUT2D eigenvalue weighted by Gasteiger charge is -2.11. The van der Waals surface area contributed by atoms with E-state index in [1.165, 1.54) is 0 Å². The Bertz CT molecular complexity index is 907. The summed E-state index contributed by atoms with van der Waals surface area (Å²) in [7, 11) is 0. The molecule has 0 atom stereocenters. The van der Waals surface area contributed by atoms with Crippen molar-refractivity contribution in [2.45, 2.75) is 25.7 Å². The van der Waals surface area contributed by atoms with Gasteiger partial charge in [-0.1, -0.05) is 11.6 Å². The molecule has 0 saturated heterocycles. The molecule has 0 aliphatic heterocycles. The first-order chi connectivity index (χ1) is 14.3. The van der Waals surface area contributed by atoms with E-state index >= 15 is 0 Å². The third-order valence-corrected chi connectivity index (χ3v) is 4.69. The van der Waals surface area contributed by atoms with Crippen molar-refractivity contribution >= 4 is 40.0 Å². The van der Waals surface area contributed by atoms with E-state index in [4.69, 9.17) is 16.7 Å². The van der Waals surface area contributed by atoms with E-state index in [1.807, 2.05) is 30.3 Å². The minimum atomic E-state index is 0.247. The highest BCUT2D eigenvalue weighted by Gasteiger charge is 2.03. The van der Waals surface area contributed by atoms with Crippen LogP contribution in [0.4, 0.5) is 17.5 Å². The summed E-state index contributed by atoms with van der Waals surface area (Å²) in [4.78, 5) is 13.1. The zero-order valence-electron chi connectivity index (χ0n) is 16.4. The van der Waals surface area contributed by atoms with Crippen LogP contribution in [-0.4, -0.2) is 46.3 Å². The van der Waals surface area contributed by atoms with Gasteiger partial charge in [0.05, 0.1) is 5.52 Å². The zero-order valence-corrected chi connectivity index (χ0v) is 17.1. The fourth-order valence-electron chi connectivity index (χ4n) is 2.96. The van der Waals surface area contributed by atoms with Gasteiger partial charge in [-0.2, -0.15) is 4.98 Å². The van der Waals surface area contributed by atoms with E-state index in [0.29, 0.717) is 11.0 Å². The second-order valence-corrected chi connectivity index (χ2v) is 7.14. The van der Waals surface area contributed by atoms with Crippen LogP contribution >= 0.6 is 11.6 Å². The molecule has 0 spiro atoms. The molecule has 0 radical (unpaired) electrons. The van der Waals surface area contributed by atoms with Gasteiger partial charge >= 0.3 is 0 Å². The Labute approximate surface area is 175 Å². The van der Waals surface area contributed by atoms with Crippen LogP contribution < -0.4 is 16.0 Å². The number of hydrogen-bond donors (Lipinski definition) is 4. The first-order valence-electron chi connectivity index (χ1n) is 9.96. The van der Waals surface area contributed by atoms with Gasteiger partial charge in [-0.15, -0.1) is 0 Å². The van der Waals surface area contributed by atoms with E-state index in [9.17, 15) is 0 Å². The summed E-state index contributed by atoms with van der Waals surface area (Å²) in [5.41, 5.74) is 1.94. The van der Waals surface area contributed by atoms with Crippen molar-refractivity contribution in [1.29, 1.82) is 0 Å². The van der Waals surface area contributed by atoms with Crippen LogP contribution in [0.25, 0.3) is 10.9 Å². The molecule has 4 N–H and O–H groups in total. The molecule has 29 heavy (non-hydrogen) atoms. The van der Waals surface area contributed by atoms with Crippen molar-refractivity contribution in [3.05, 3.63) is 47.7 Å². The first kappa shape index (κ1) is 21.1. The number of nitrogens with one attached hydrogen (secondary N) is 3. The second-order valence-electron chi connectivity index (χ2n) is 6.70. The van der Waals surface area contributed by atoms with Gasteiger partial charge in [-0.3, -0.25) is 4.98 Å². The Morgan fingerprint density at radius 2 is 1.66 bits per heavy atom. The molecule has 3 rings (SSSR count). The number of aromatic nitrogens is 3. The van der Waals surface area contributed by atoms with E-state index in [1.54, 1.807) is 12.4 Å². The van der Waals surface area contributed by atoms with Crippen LogP contribution in [0.2, 0.25) is 5.02 Å². The quantitative estimate of drug-likeness (QED) is 0.330.